The lowest BCUT2D eigenvalue weighted by Crippen LogP contribution is -2.13. The molecule has 1 aromatic carbocycles. The molecule has 0 aliphatic rings. The Morgan fingerprint density at radius 3 is 2.74 bits per heavy atom. The minimum absolute atomic E-state index is 0.0579. The standard InChI is InChI=1S/C17H15N3OS2/c1-12-5-7-13(8-6-12)22-11-16(21)20-17-19-15(10-23-17)14-4-2-3-9-18-14/h2-10H,11H2,1H3,(H,19,20,21). The minimum atomic E-state index is -0.0579. The highest BCUT2D eigenvalue weighted by molar-refractivity contribution is 8.00. The van der Waals surface area contributed by atoms with Gasteiger partial charge in [-0.05, 0) is 31.2 Å². The van der Waals surface area contributed by atoms with Crippen LogP contribution < -0.4 is 5.32 Å². The third-order valence-electron chi connectivity index (χ3n) is 3.07. The zero-order valence-electron chi connectivity index (χ0n) is 12.5. The molecule has 116 valence electrons. The highest BCUT2D eigenvalue weighted by atomic mass is 32.2. The molecule has 0 spiro atoms. The van der Waals surface area contributed by atoms with Crippen molar-refractivity contribution >= 4 is 34.1 Å². The van der Waals surface area contributed by atoms with Gasteiger partial charge in [-0.25, -0.2) is 4.98 Å². The summed E-state index contributed by atoms with van der Waals surface area (Å²) in [6.07, 6.45) is 1.73. The van der Waals surface area contributed by atoms with Crippen LogP contribution in [0.3, 0.4) is 0 Å². The van der Waals surface area contributed by atoms with Gasteiger partial charge in [0, 0.05) is 16.5 Å². The summed E-state index contributed by atoms with van der Waals surface area (Å²) in [5.41, 5.74) is 2.79. The first-order valence-corrected chi connectivity index (χ1v) is 8.93. The fourth-order valence-electron chi connectivity index (χ4n) is 1.90. The van der Waals surface area contributed by atoms with Gasteiger partial charge in [0.05, 0.1) is 11.4 Å². The van der Waals surface area contributed by atoms with E-state index < -0.39 is 0 Å². The normalized spacial score (nSPS) is 10.5. The van der Waals surface area contributed by atoms with E-state index in [2.05, 4.69) is 15.3 Å². The number of anilines is 1. The average Bonchev–Trinajstić information content (AvgIpc) is 3.04. The van der Waals surface area contributed by atoms with E-state index in [4.69, 9.17) is 0 Å². The van der Waals surface area contributed by atoms with Crippen LogP contribution in [0.2, 0.25) is 0 Å². The molecule has 6 heteroatoms. The van der Waals surface area contributed by atoms with Gasteiger partial charge in [-0.3, -0.25) is 9.78 Å². The maximum Gasteiger partial charge on any atom is 0.236 e. The first-order chi connectivity index (χ1) is 11.2. The molecular weight excluding hydrogens is 326 g/mol. The van der Waals surface area contributed by atoms with Crippen molar-refractivity contribution in [1.82, 2.24) is 9.97 Å². The van der Waals surface area contributed by atoms with Crippen molar-refractivity contribution in [3.63, 3.8) is 0 Å². The van der Waals surface area contributed by atoms with Gasteiger partial charge in [-0.1, -0.05) is 23.8 Å². The predicted octanol–water partition coefficient (Wildman–Crippen LogP) is 4.24. The summed E-state index contributed by atoms with van der Waals surface area (Å²) < 4.78 is 0. The molecular formula is C17H15N3OS2. The molecule has 0 unspecified atom stereocenters. The topological polar surface area (TPSA) is 54.9 Å². The van der Waals surface area contributed by atoms with E-state index in [0.717, 1.165) is 16.3 Å². The first kappa shape index (κ1) is 15.7. The van der Waals surface area contributed by atoms with Crippen molar-refractivity contribution in [2.75, 3.05) is 11.1 Å². The van der Waals surface area contributed by atoms with Crippen molar-refractivity contribution in [1.29, 1.82) is 0 Å². The summed E-state index contributed by atoms with van der Waals surface area (Å²) in [7, 11) is 0. The molecule has 23 heavy (non-hydrogen) atoms. The van der Waals surface area contributed by atoms with Gasteiger partial charge >= 0.3 is 0 Å². The van der Waals surface area contributed by atoms with Crippen molar-refractivity contribution in [3.8, 4) is 11.4 Å². The molecule has 4 nitrogen and oxygen atoms in total. The molecule has 0 fully saturated rings. The molecule has 3 rings (SSSR count). The third kappa shape index (κ3) is 4.40. The molecule has 0 atom stereocenters. The Hall–Kier alpha value is -2.18. The molecule has 0 saturated carbocycles. The second-order valence-electron chi connectivity index (χ2n) is 4.90. The van der Waals surface area contributed by atoms with E-state index in [1.165, 1.54) is 28.7 Å². The van der Waals surface area contributed by atoms with Crippen LogP contribution in [0.5, 0.6) is 0 Å². The van der Waals surface area contributed by atoms with Crippen LogP contribution in [-0.2, 0) is 4.79 Å². The molecule has 1 amide bonds. The Bertz CT molecular complexity index is 785. The van der Waals surface area contributed by atoms with E-state index >= 15 is 0 Å². The number of benzene rings is 1. The summed E-state index contributed by atoms with van der Waals surface area (Å²) in [5, 5.41) is 5.32. The van der Waals surface area contributed by atoms with E-state index in [1.807, 2.05) is 54.8 Å². The summed E-state index contributed by atoms with van der Waals surface area (Å²) >= 11 is 2.92. The molecule has 0 bridgehead atoms. The van der Waals surface area contributed by atoms with Crippen LogP contribution in [0, 0.1) is 6.92 Å². The highest BCUT2D eigenvalue weighted by Gasteiger charge is 2.09. The van der Waals surface area contributed by atoms with Crippen molar-refractivity contribution in [3.05, 3.63) is 59.6 Å². The van der Waals surface area contributed by atoms with Crippen LogP contribution in [0.1, 0.15) is 5.56 Å². The number of hydrogen-bond acceptors (Lipinski definition) is 5. The number of aryl methyl sites for hydroxylation is 1. The Kier molecular flexibility index (Phi) is 5.05. The third-order valence-corrected chi connectivity index (χ3v) is 4.84. The maximum atomic E-state index is 12.0. The fraction of sp³-hybridized carbons (Fsp3) is 0.118. The minimum Gasteiger partial charge on any atom is -0.301 e. The number of hydrogen-bond donors (Lipinski definition) is 1. The Labute approximate surface area is 143 Å². The van der Waals surface area contributed by atoms with Crippen LogP contribution in [0.15, 0.2) is 58.9 Å². The number of nitrogens with one attached hydrogen (secondary N) is 1. The van der Waals surface area contributed by atoms with Crippen LogP contribution in [0.25, 0.3) is 11.4 Å². The second kappa shape index (κ2) is 7.39. The molecule has 1 N–H and O–H groups in total. The van der Waals surface area contributed by atoms with Gasteiger partial charge in [0.1, 0.15) is 5.69 Å². The van der Waals surface area contributed by atoms with Crippen molar-refractivity contribution < 1.29 is 4.79 Å². The summed E-state index contributed by atoms with van der Waals surface area (Å²) in [6.45, 7) is 2.04. The number of thiazole rings is 1. The SMILES string of the molecule is Cc1ccc(SCC(=O)Nc2nc(-c3ccccn3)cs2)cc1. The van der Waals surface area contributed by atoms with Gasteiger partial charge in [0.15, 0.2) is 5.13 Å². The number of carbonyl (C=O) groups excluding carboxylic acids is 1. The van der Waals surface area contributed by atoms with Crippen molar-refractivity contribution in [2.24, 2.45) is 0 Å². The zero-order valence-corrected chi connectivity index (χ0v) is 14.2. The number of nitrogens with zero attached hydrogens (tertiary/aromatic N) is 2. The van der Waals surface area contributed by atoms with E-state index in [0.29, 0.717) is 10.9 Å². The Morgan fingerprint density at radius 1 is 1.17 bits per heavy atom. The molecule has 0 radical (unpaired) electrons. The van der Waals surface area contributed by atoms with Crippen molar-refractivity contribution in [2.45, 2.75) is 11.8 Å². The summed E-state index contributed by atoms with van der Waals surface area (Å²) in [5.74, 6) is 0.305. The summed E-state index contributed by atoms with van der Waals surface area (Å²) in [4.78, 5) is 21.8. The largest absolute Gasteiger partial charge is 0.301 e. The lowest BCUT2D eigenvalue weighted by atomic mass is 10.2. The predicted molar refractivity (Wildman–Crippen MR) is 95.9 cm³/mol. The number of rotatable bonds is 5. The lowest BCUT2D eigenvalue weighted by molar-refractivity contribution is -0.113. The first-order valence-electron chi connectivity index (χ1n) is 7.07. The molecule has 0 saturated heterocycles. The van der Waals surface area contributed by atoms with E-state index in [1.54, 1.807) is 6.20 Å². The van der Waals surface area contributed by atoms with Gasteiger partial charge in [0.25, 0.3) is 0 Å². The number of pyridine rings is 1. The number of amides is 1. The fourth-order valence-corrected chi connectivity index (χ4v) is 3.32. The number of carbonyl (C=O) groups is 1. The number of aromatic nitrogens is 2. The number of thioether (sulfide) groups is 1. The average molecular weight is 341 g/mol. The quantitative estimate of drug-likeness (QED) is 0.705. The molecule has 2 aromatic heterocycles. The molecule has 0 aliphatic carbocycles. The Morgan fingerprint density at radius 2 is 2.00 bits per heavy atom. The molecule has 3 aromatic rings. The van der Waals surface area contributed by atoms with Crippen LogP contribution in [-0.4, -0.2) is 21.6 Å². The Balaban J connectivity index is 1.56. The summed E-state index contributed by atoms with van der Waals surface area (Å²) in [6, 6.07) is 13.8. The van der Waals surface area contributed by atoms with Gasteiger partial charge in [-0.2, -0.15) is 0 Å². The van der Waals surface area contributed by atoms with Gasteiger partial charge in [0.2, 0.25) is 5.91 Å². The molecule has 0 aliphatic heterocycles. The van der Waals surface area contributed by atoms with Gasteiger partial charge < -0.3 is 5.32 Å². The zero-order chi connectivity index (χ0) is 16.1. The van der Waals surface area contributed by atoms with Crippen LogP contribution in [0.4, 0.5) is 5.13 Å². The van der Waals surface area contributed by atoms with Crippen LogP contribution >= 0.6 is 23.1 Å². The molecule has 2 heterocycles. The van der Waals surface area contributed by atoms with E-state index in [9.17, 15) is 4.79 Å². The highest BCUT2D eigenvalue weighted by Crippen LogP contribution is 2.24. The monoisotopic (exact) mass is 341 g/mol. The van der Waals surface area contributed by atoms with E-state index in [-0.39, 0.29) is 5.91 Å². The maximum absolute atomic E-state index is 12.0. The smallest absolute Gasteiger partial charge is 0.236 e. The second-order valence-corrected chi connectivity index (χ2v) is 6.81. The van der Waals surface area contributed by atoms with Gasteiger partial charge in [-0.15, -0.1) is 23.1 Å². The lowest BCUT2D eigenvalue weighted by Gasteiger charge is -2.02.